The van der Waals surface area contributed by atoms with Crippen molar-refractivity contribution in [2.45, 2.75) is 16.7 Å². The van der Waals surface area contributed by atoms with Gasteiger partial charge in [-0.15, -0.1) is 30.4 Å². The Hall–Kier alpha value is -2.58. The molecule has 0 fully saturated rings. The van der Waals surface area contributed by atoms with Crippen molar-refractivity contribution in [3.8, 4) is 5.75 Å². The van der Waals surface area contributed by atoms with Crippen molar-refractivity contribution in [2.75, 3.05) is 17.2 Å². The van der Waals surface area contributed by atoms with Crippen molar-refractivity contribution in [2.24, 2.45) is 10.2 Å². The number of aromatic hydroxyl groups is 1. The van der Waals surface area contributed by atoms with Crippen LogP contribution in [0.15, 0.2) is 50.4 Å². The number of phenolic OH excluding ortho intramolecular Hbond substituents is 1. The second-order valence-corrected chi connectivity index (χ2v) is 6.62. The molecule has 6 nitrogen and oxygen atoms in total. The van der Waals surface area contributed by atoms with Gasteiger partial charge in [0.2, 0.25) is 0 Å². The molecule has 0 aliphatic rings. The van der Waals surface area contributed by atoms with Gasteiger partial charge in [-0.05, 0) is 42.8 Å². The van der Waals surface area contributed by atoms with Gasteiger partial charge >= 0.3 is 0 Å². The van der Waals surface area contributed by atoms with E-state index >= 15 is 0 Å². The molecule has 0 aliphatic carbocycles. The first kappa shape index (κ1) is 17.2. The predicted molar refractivity (Wildman–Crippen MR) is 109 cm³/mol. The van der Waals surface area contributed by atoms with E-state index in [2.05, 4.69) is 35.5 Å². The van der Waals surface area contributed by atoms with Crippen LogP contribution in [0, 0.1) is 6.92 Å². The van der Waals surface area contributed by atoms with Gasteiger partial charge in [0.1, 0.15) is 5.69 Å². The van der Waals surface area contributed by atoms with E-state index in [0.717, 1.165) is 5.56 Å². The third kappa shape index (κ3) is 3.06. The van der Waals surface area contributed by atoms with Crippen LogP contribution >= 0.6 is 25.3 Å². The lowest BCUT2D eigenvalue weighted by molar-refractivity contribution is 0.481. The van der Waals surface area contributed by atoms with Crippen molar-refractivity contribution in [3.05, 3.63) is 35.9 Å². The summed E-state index contributed by atoms with van der Waals surface area (Å²) >= 11 is 8.77. The summed E-state index contributed by atoms with van der Waals surface area (Å²) in [6.45, 7) is 1.88. The molecule has 0 heterocycles. The van der Waals surface area contributed by atoms with Crippen LogP contribution in [0.25, 0.3) is 10.8 Å². The monoisotopic (exact) mass is 371 g/mol. The minimum atomic E-state index is -0.140. The maximum atomic E-state index is 10.6. The van der Waals surface area contributed by atoms with Crippen molar-refractivity contribution >= 4 is 64.5 Å². The SMILES string of the molecule is Cc1cc(N=Nc2c(S)cc3c(S)cc(N)c(N)c3c2O)ccc1N. The number of nitrogens with zero attached hydrogens (tertiary/aromatic N) is 2. The first-order chi connectivity index (χ1) is 11.8. The molecule has 3 rings (SSSR count). The fourth-order valence-electron chi connectivity index (χ4n) is 2.49. The van der Waals surface area contributed by atoms with Crippen molar-refractivity contribution in [1.29, 1.82) is 0 Å². The summed E-state index contributed by atoms with van der Waals surface area (Å²) in [5, 5.41) is 19.9. The van der Waals surface area contributed by atoms with E-state index in [4.69, 9.17) is 17.2 Å². The second kappa shape index (κ2) is 6.38. The van der Waals surface area contributed by atoms with Gasteiger partial charge < -0.3 is 22.3 Å². The molecule has 3 aromatic carbocycles. The maximum Gasteiger partial charge on any atom is 0.154 e. The number of thiol groups is 2. The summed E-state index contributed by atoms with van der Waals surface area (Å²) in [4.78, 5) is 1.03. The van der Waals surface area contributed by atoms with Gasteiger partial charge in [0, 0.05) is 20.9 Å². The molecule has 0 saturated heterocycles. The van der Waals surface area contributed by atoms with Crippen LogP contribution < -0.4 is 17.2 Å². The highest BCUT2D eigenvalue weighted by Crippen LogP contribution is 2.46. The van der Waals surface area contributed by atoms with Gasteiger partial charge in [0.25, 0.3) is 0 Å². The summed E-state index contributed by atoms with van der Waals surface area (Å²) in [6, 6.07) is 8.63. The smallest absolute Gasteiger partial charge is 0.154 e. The Labute approximate surface area is 155 Å². The van der Waals surface area contributed by atoms with Crippen molar-refractivity contribution < 1.29 is 5.11 Å². The molecule has 0 aromatic heterocycles. The molecule has 0 spiro atoms. The van der Waals surface area contributed by atoms with Crippen LogP contribution in [0.3, 0.4) is 0 Å². The van der Waals surface area contributed by atoms with Crippen LogP contribution in [0.1, 0.15) is 5.56 Å². The topological polar surface area (TPSA) is 123 Å². The fraction of sp³-hybridized carbons (Fsp3) is 0.0588. The summed E-state index contributed by atoms with van der Waals surface area (Å²) in [7, 11) is 0. The van der Waals surface area contributed by atoms with Gasteiger partial charge in [-0.3, -0.25) is 0 Å². The molecule has 8 heteroatoms. The highest BCUT2D eigenvalue weighted by Gasteiger charge is 2.16. The van der Waals surface area contributed by atoms with Crippen LogP contribution in [0.5, 0.6) is 5.75 Å². The lowest BCUT2D eigenvalue weighted by atomic mass is 10.1. The minimum Gasteiger partial charge on any atom is -0.505 e. The first-order valence-corrected chi connectivity index (χ1v) is 8.22. The van der Waals surface area contributed by atoms with Crippen molar-refractivity contribution in [1.82, 2.24) is 0 Å². The van der Waals surface area contributed by atoms with Crippen LogP contribution in [0.2, 0.25) is 0 Å². The molecular formula is C17H17N5OS2. The van der Waals surface area contributed by atoms with E-state index in [0.29, 0.717) is 37.6 Å². The number of rotatable bonds is 2. The number of nitrogens with two attached hydrogens (primary N) is 3. The molecule has 3 aromatic rings. The van der Waals surface area contributed by atoms with Crippen LogP contribution in [-0.4, -0.2) is 5.11 Å². The highest BCUT2D eigenvalue weighted by molar-refractivity contribution is 7.80. The van der Waals surface area contributed by atoms with E-state index < -0.39 is 0 Å². The van der Waals surface area contributed by atoms with E-state index in [1.165, 1.54) is 0 Å². The Morgan fingerprint density at radius 1 is 0.920 bits per heavy atom. The lowest BCUT2D eigenvalue weighted by Gasteiger charge is -2.12. The third-order valence-electron chi connectivity index (χ3n) is 3.92. The quantitative estimate of drug-likeness (QED) is 0.224. The number of anilines is 3. The number of benzene rings is 3. The molecule has 0 bridgehead atoms. The van der Waals surface area contributed by atoms with E-state index in [1.807, 2.05) is 6.92 Å². The van der Waals surface area contributed by atoms with E-state index in [-0.39, 0.29) is 17.1 Å². The molecule has 0 amide bonds. The lowest BCUT2D eigenvalue weighted by Crippen LogP contribution is -1.96. The number of hydrogen-bond acceptors (Lipinski definition) is 8. The van der Waals surface area contributed by atoms with Gasteiger partial charge in [-0.1, -0.05) is 0 Å². The van der Waals surface area contributed by atoms with Crippen LogP contribution in [0.4, 0.5) is 28.4 Å². The highest BCUT2D eigenvalue weighted by atomic mass is 32.1. The predicted octanol–water partition coefficient (Wildman–Crippen LogP) is 4.59. The molecule has 0 saturated carbocycles. The first-order valence-electron chi connectivity index (χ1n) is 7.33. The summed E-state index contributed by atoms with van der Waals surface area (Å²) in [6.07, 6.45) is 0. The maximum absolute atomic E-state index is 10.6. The molecule has 0 radical (unpaired) electrons. The second-order valence-electron chi connectivity index (χ2n) is 5.65. The minimum absolute atomic E-state index is 0.140. The van der Waals surface area contributed by atoms with E-state index in [9.17, 15) is 5.11 Å². The summed E-state index contributed by atoms with van der Waals surface area (Å²) in [5.41, 5.74) is 20.7. The van der Waals surface area contributed by atoms with Crippen LogP contribution in [-0.2, 0) is 0 Å². The Morgan fingerprint density at radius 3 is 2.32 bits per heavy atom. The zero-order valence-corrected chi connectivity index (χ0v) is 15.1. The number of hydrogen-bond donors (Lipinski definition) is 6. The van der Waals surface area contributed by atoms with E-state index in [1.54, 1.807) is 30.3 Å². The molecule has 0 aliphatic heterocycles. The number of aryl methyl sites for hydroxylation is 1. The number of phenols is 1. The molecular weight excluding hydrogens is 354 g/mol. The fourth-order valence-corrected chi connectivity index (χ4v) is 3.09. The van der Waals surface area contributed by atoms with Gasteiger partial charge in [-0.25, -0.2) is 0 Å². The summed E-state index contributed by atoms with van der Waals surface area (Å²) in [5.74, 6) is -0.140. The molecule has 0 unspecified atom stereocenters. The molecule has 0 atom stereocenters. The van der Waals surface area contributed by atoms with Gasteiger partial charge in [-0.2, -0.15) is 5.11 Å². The molecule has 128 valence electrons. The number of nitrogen functional groups attached to an aromatic ring is 3. The zero-order chi connectivity index (χ0) is 18.3. The zero-order valence-electron chi connectivity index (χ0n) is 13.4. The average Bonchev–Trinajstić information content (AvgIpc) is 2.55. The third-order valence-corrected chi connectivity index (χ3v) is 4.63. The average molecular weight is 371 g/mol. The summed E-state index contributed by atoms with van der Waals surface area (Å²) < 4.78 is 0. The largest absolute Gasteiger partial charge is 0.505 e. The van der Waals surface area contributed by atoms with Crippen molar-refractivity contribution in [3.63, 3.8) is 0 Å². The molecule has 25 heavy (non-hydrogen) atoms. The number of fused-ring (bicyclic) bond motifs is 1. The Kier molecular flexibility index (Phi) is 4.40. The Balaban J connectivity index is 2.18. The Bertz CT molecular complexity index is 1030. The van der Waals surface area contributed by atoms with Gasteiger partial charge in [0.15, 0.2) is 5.75 Å². The standard InChI is InChI=1S/C17H17N5OS2/c1-7-4-8(2-3-10(7)18)21-22-16-13(25)5-9-12(24)6-11(19)15(20)14(9)17(16)23/h2-6,23-25H,18-20H2,1H3. The molecule has 7 N–H and O–H groups in total. The normalized spacial score (nSPS) is 11.5. The number of azo groups is 1. The van der Waals surface area contributed by atoms with Gasteiger partial charge in [0.05, 0.1) is 22.4 Å². The Morgan fingerprint density at radius 2 is 1.64 bits per heavy atom.